The lowest BCUT2D eigenvalue weighted by atomic mass is 10.1. The molecule has 0 saturated carbocycles. The van der Waals surface area contributed by atoms with Gasteiger partial charge in [-0.15, -0.1) is 0 Å². The van der Waals surface area contributed by atoms with E-state index in [-0.39, 0.29) is 12.2 Å². The van der Waals surface area contributed by atoms with E-state index in [0.29, 0.717) is 17.2 Å². The fourth-order valence-corrected chi connectivity index (χ4v) is 1.55. The van der Waals surface area contributed by atoms with Gasteiger partial charge in [-0.05, 0) is 17.7 Å². The number of nitrogens with zero attached hydrogens (tertiary/aromatic N) is 2. The molecule has 1 heterocycles. The van der Waals surface area contributed by atoms with Gasteiger partial charge in [0.05, 0.1) is 11.6 Å². The van der Waals surface area contributed by atoms with E-state index in [4.69, 9.17) is 5.26 Å². The van der Waals surface area contributed by atoms with Crippen molar-refractivity contribution in [2.45, 2.75) is 12.7 Å². The molecule has 108 valence electrons. The van der Waals surface area contributed by atoms with Crippen LogP contribution in [0.2, 0.25) is 0 Å². The van der Waals surface area contributed by atoms with Crippen molar-refractivity contribution in [1.29, 1.82) is 5.26 Å². The number of halogens is 3. The molecule has 5 nitrogen and oxygen atoms in total. The summed E-state index contributed by atoms with van der Waals surface area (Å²) in [5, 5.41) is 16.2. The molecule has 0 saturated heterocycles. The van der Waals surface area contributed by atoms with E-state index >= 15 is 0 Å². The van der Waals surface area contributed by atoms with Crippen molar-refractivity contribution >= 4 is 5.91 Å². The maximum Gasteiger partial charge on any atom is 0.432 e. The van der Waals surface area contributed by atoms with Gasteiger partial charge in [0, 0.05) is 12.6 Å². The number of aromatic amines is 1. The van der Waals surface area contributed by atoms with Crippen LogP contribution in [0, 0.1) is 11.3 Å². The van der Waals surface area contributed by atoms with Gasteiger partial charge in [0.25, 0.3) is 5.91 Å². The van der Waals surface area contributed by atoms with Crippen LogP contribution in [-0.4, -0.2) is 16.1 Å². The lowest BCUT2D eigenvalue weighted by Gasteiger charge is -2.03. The maximum atomic E-state index is 12.4. The Bertz CT molecular complexity index is 683. The third kappa shape index (κ3) is 3.60. The normalized spacial score (nSPS) is 11.0. The molecule has 1 amide bonds. The van der Waals surface area contributed by atoms with Crippen LogP contribution in [0.15, 0.2) is 30.3 Å². The number of hydrogen-bond donors (Lipinski definition) is 2. The van der Waals surface area contributed by atoms with Crippen LogP contribution in [0.1, 0.15) is 27.3 Å². The van der Waals surface area contributed by atoms with Crippen molar-refractivity contribution < 1.29 is 18.0 Å². The van der Waals surface area contributed by atoms with Gasteiger partial charge < -0.3 is 5.32 Å². The summed E-state index contributed by atoms with van der Waals surface area (Å²) in [5.41, 5.74) is -0.219. The summed E-state index contributed by atoms with van der Waals surface area (Å²) in [6, 6.07) is 9.05. The lowest BCUT2D eigenvalue weighted by molar-refractivity contribution is -0.141. The van der Waals surface area contributed by atoms with Gasteiger partial charge in [-0.3, -0.25) is 9.89 Å². The molecule has 1 aromatic carbocycles. The first-order valence-corrected chi connectivity index (χ1v) is 5.80. The van der Waals surface area contributed by atoms with E-state index in [1.165, 1.54) is 0 Å². The minimum absolute atomic E-state index is 0.124. The number of nitrogens with one attached hydrogen (secondary N) is 2. The number of benzene rings is 1. The predicted octanol–water partition coefficient (Wildman–Crippen LogP) is 2.23. The maximum absolute atomic E-state index is 12.4. The van der Waals surface area contributed by atoms with Gasteiger partial charge in [-0.25, -0.2) is 0 Å². The van der Waals surface area contributed by atoms with Crippen LogP contribution in [0.5, 0.6) is 0 Å². The molecule has 0 spiro atoms. The number of rotatable bonds is 3. The van der Waals surface area contributed by atoms with Crippen molar-refractivity contribution in [2.75, 3.05) is 0 Å². The number of amides is 1. The van der Waals surface area contributed by atoms with Crippen molar-refractivity contribution in [2.24, 2.45) is 0 Å². The average molecular weight is 294 g/mol. The fraction of sp³-hybridized carbons (Fsp3) is 0.154. The zero-order valence-corrected chi connectivity index (χ0v) is 10.5. The molecule has 0 radical (unpaired) electrons. The van der Waals surface area contributed by atoms with E-state index < -0.39 is 17.8 Å². The molecule has 2 rings (SSSR count). The molecule has 2 aromatic rings. The number of alkyl halides is 3. The molecule has 0 fully saturated rings. The third-order valence-corrected chi connectivity index (χ3v) is 2.65. The Kier molecular flexibility index (Phi) is 3.93. The Balaban J connectivity index is 1.98. The average Bonchev–Trinajstić information content (AvgIpc) is 2.95. The molecule has 0 aliphatic heterocycles. The number of aromatic nitrogens is 2. The molecule has 0 aliphatic carbocycles. The van der Waals surface area contributed by atoms with Gasteiger partial charge in [0.15, 0.2) is 5.69 Å². The zero-order valence-electron chi connectivity index (χ0n) is 10.5. The van der Waals surface area contributed by atoms with Gasteiger partial charge in [-0.2, -0.15) is 23.5 Å². The fourth-order valence-electron chi connectivity index (χ4n) is 1.55. The number of hydrogen-bond acceptors (Lipinski definition) is 3. The Morgan fingerprint density at radius 1 is 1.33 bits per heavy atom. The molecule has 8 heteroatoms. The topological polar surface area (TPSA) is 81.6 Å². The first-order chi connectivity index (χ1) is 9.90. The van der Waals surface area contributed by atoms with Crippen LogP contribution in [0.4, 0.5) is 13.2 Å². The van der Waals surface area contributed by atoms with E-state index in [0.717, 1.165) is 0 Å². The van der Waals surface area contributed by atoms with Crippen molar-refractivity contribution in [3.8, 4) is 6.07 Å². The van der Waals surface area contributed by atoms with Gasteiger partial charge in [0.1, 0.15) is 5.69 Å². The highest BCUT2D eigenvalue weighted by atomic mass is 19.4. The minimum Gasteiger partial charge on any atom is -0.347 e. The third-order valence-electron chi connectivity index (χ3n) is 2.65. The Labute approximate surface area is 117 Å². The molecule has 21 heavy (non-hydrogen) atoms. The van der Waals surface area contributed by atoms with Crippen molar-refractivity contribution in [3.05, 3.63) is 52.8 Å². The van der Waals surface area contributed by atoms with E-state index in [1.54, 1.807) is 29.4 Å². The minimum atomic E-state index is -4.57. The van der Waals surface area contributed by atoms with Gasteiger partial charge >= 0.3 is 6.18 Å². The Morgan fingerprint density at radius 2 is 2.00 bits per heavy atom. The zero-order chi connectivity index (χ0) is 15.5. The molecular weight excluding hydrogens is 285 g/mol. The quantitative estimate of drug-likeness (QED) is 0.910. The highest BCUT2D eigenvalue weighted by Gasteiger charge is 2.33. The number of carbonyl (C=O) groups excluding carboxylic acids is 1. The van der Waals surface area contributed by atoms with Crippen LogP contribution in [0.3, 0.4) is 0 Å². The Morgan fingerprint density at radius 3 is 2.52 bits per heavy atom. The second-order valence-electron chi connectivity index (χ2n) is 4.16. The monoisotopic (exact) mass is 294 g/mol. The Hall–Kier alpha value is -2.82. The number of H-pyrrole nitrogens is 1. The largest absolute Gasteiger partial charge is 0.432 e. The number of carbonyl (C=O) groups is 1. The van der Waals surface area contributed by atoms with Gasteiger partial charge in [0.2, 0.25) is 0 Å². The molecule has 1 aromatic heterocycles. The molecule has 0 unspecified atom stereocenters. The highest BCUT2D eigenvalue weighted by Crippen LogP contribution is 2.27. The SMILES string of the molecule is N#Cc1ccc(CNC(=O)c2cc(C(F)(F)F)[nH]n2)cc1. The summed E-state index contributed by atoms with van der Waals surface area (Å²) < 4.78 is 37.1. The molecule has 2 N–H and O–H groups in total. The van der Waals surface area contributed by atoms with E-state index in [2.05, 4.69) is 10.4 Å². The van der Waals surface area contributed by atoms with Crippen LogP contribution < -0.4 is 5.32 Å². The summed E-state index contributed by atoms with van der Waals surface area (Å²) in [6.07, 6.45) is -4.57. The second-order valence-corrected chi connectivity index (χ2v) is 4.16. The highest BCUT2D eigenvalue weighted by molar-refractivity contribution is 5.92. The standard InChI is InChI=1S/C13H9F3N4O/c14-13(15,16)11-5-10(19-20-11)12(21)18-7-9-3-1-8(6-17)2-4-9/h1-5H,7H2,(H,18,21)(H,19,20). The summed E-state index contributed by atoms with van der Waals surface area (Å²) in [5.74, 6) is -0.717. The summed E-state index contributed by atoms with van der Waals surface area (Å²) in [6.45, 7) is 0.124. The second kappa shape index (κ2) is 5.66. The van der Waals surface area contributed by atoms with E-state index in [9.17, 15) is 18.0 Å². The molecular formula is C13H9F3N4O. The molecule has 0 aliphatic rings. The molecule has 0 bridgehead atoms. The van der Waals surface area contributed by atoms with Crippen molar-refractivity contribution in [3.63, 3.8) is 0 Å². The van der Waals surface area contributed by atoms with E-state index in [1.807, 2.05) is 6.07 Å². The lowest BCUT2D eigenvalue weighted by Crippen LogP contribution is -2.23. The molecule has 0 atom stereocenters. The summed E-state index contributed by atoms with van der Waals surface area (Å²) in [7, 11) is 0. The van der Waals surface area contributed by atoms with Crippen LogP contribution in [-0.2, 0) is 12.7 Å². The van der Waals surface area contributed by atoms with Gasteiger partial charge in [-0.1, -0.05) is 12.1 Å². The predicted molar refractivity (Wildman–Crippen MR) is 65.9 cm³/mol. The van der Waals surface area contributed by atoms with Crippen LogP contribution in [0.25, 0.3) is 0 Å². The summed E-state index contributed by atoms with van der Waals surface area (Å²) >= 11 is 0. The summed E-state index contributed by atoms with van der Waals surface area (Å²) in [4.78, 5) is 11.7. The smallest absolute Gasteiger partial charge is 0.347 e. The number of nitriles is 1. The van der Waals surface area contributed by atoms with Crippen LogP contribution >= 0.6 is 0 Å². The first kappa shape index (κ1) is 14.6. The van der Waals surface area contributed by atoms with Crippen molar-refractivity contribution in [1.82, 2.24) is 15.5 Å². The first-order valence-electron chi connectivity index (χ1n) is 5.80.